The van der Waals surface area contributed by atoms with E-state index in [-0.39, 0.29) is 0 Å². The van der Waals surface area contributed by atoms with Crippen LogP contribution in [-0.4, -0.2) is 23.1 Å². The summed E-state index contributed by atoms with van der Waals surface area (Å²) in [6, 6.07) is 2.69. The van der Waals surface area contributed by atoms with Gasteiger partial charge < -0.3 is 10.6 Å². The van der Waals surface area contributed by atoms with Crippen LogP contribution < -0.4 is 10.6 Å². The van der Waals surface area contributed by atoms with Crippen LogP contribution >= 0.6 is 11.3 Å². The van der Waals surface area contributed by atoms with E-state index in [2.05, 4.69) is 39.0 Å². The van der Waals surface area contributed by atoms with Crippen molar-refractivity contribution in [1.29, 1.82) is 0 Å². The Bertz CT molecular complexity index is 536. The van der Waals surface area contributed by atoms with E-state index in [1.807, 2.05) is 7.05 Å². The summed E-state index contributed by atoms with van der Waals surface area (Å²) in [5.74, 6) is 2.48. The van der Waals surface area contributed by atoms with E-state index in [1.54, 1.807) is 11.3 Å². The van der Waals surface area contributed by atoms with Gasteiger partial charge >= 0.3 is 0 Å². The first-order valence-electron chi connectivity index (χ1n) is 6.01. The van der Waals surface area contributed by atoms with Crippen LogP contribution in [0.3, 0.4) is 0 Å². The quantitative estimate of drug-likeness (QED) is 0.873. The van der Waals surface area contributed by atoms with Crippen molar-refractivity contribution in [3.63, 3.8) is 0 Å². The lowest BCUT2D eigenvalue weighted by atomic mass is 10.3. The molecule has 1 aliphatic rings. The summed E-state index contributed by atoms with van der Waals surface area (Å²) in [5.41, 5.74) is 0. The average molecular weight is 248 g/mol. The number of aromatic nitrogens is 2. The van der Waals surface area contributed by atoms with E-state index in [0.29, 0.717) is 12.0 Å². The zero-order valence-electron chi connectivity index (χ0n) is 10.0. The number of hydrogen-bond donors (Lipinski definition) is 2. The highest BCUT2D eigenvalue weighted by molar-refractivity contribution is 7.16. The monoisotopic (exact) mass is 248 g/mol. The van der Waals surface area contributed by atoms with Gasteiger partial charge in [-0.25, -0.2) is 4.98 Å². The molecule has 1 saturated carbocycles. The molecule has 4 nitrogen and oxygen atoms in total. The molecule has 0 amide bonds. The molecule has 2 aromatic rings. The highest BCUT2D eigenvalue weighted by atomic mass is 32.1. The lowest BCUT2D eigenvalue weighted by Crippen LogP contribution is -2.08. The zero-order valence-corrected chi connectivity index (χ0v) is 10.8. The van der Waals surface area contributed by atoms with Crippen molar-refractivity contribution < 1.29 is 0 Å². The molecule has 0 aliphatic heterocycles. The molecule has 1 aliphatic carbocycles. The minimum absolute atomic E-state index is 0.600. The van der Waals surface area contributed by atoms with E-state index in [0.717, 1.165) is 22.0 Å². The van der Waals surface area contributed by atoms with E-state index >= 15 is 0 Å². The molecule has 2 aromatic heterocycles. The summed E-state index contributed by atoms with van der Waals surface area (Å²) in [5, 5.41) is 9.75. The maximum Gasteiger partial charge on any atom is 0.225 e. The average Bonchev–Trinajstić information content (AvgIpc) is 2.92. The van der Waals surface area contributed by atoms with Gasteiger partial charge in [-0.1, -0.05) is 13.3 Å². The number of thiophene rings is 1. The van der Waals surface area contributed by atoms with Gasteiger partial charge in [0.15, 0.2) is 0 Å². The highest BCUT2D eigenvalue weighted by Gasteiger charge is 2.35. The summed E-state index contributed by atoms with van der Waals surface area (Å²) < 4.78 is 0. The Hall–Kier alpha value is -1.36. The van der Waals surface area contributed by atoms with E-state index in [9.17, 15) is 0 Å². The zero-order chi connectivity index (χ0) is 11.8. The predicted octanol–water partition coefficient (Wildman–Crippen LogP) is 2.94. The van der Waals surface area contributed by atoms with E-state index in [1.165, 1.54) is 12.8 Å². The Balaban J connectivity index is 1.93. The second-order valence-corrected chi connectivity index (χ2v) is 5.33. The number of rotatable bonds is 4. The summed E-state index contributed by atoms with van der Waals surface area (Å²) in [4.78, 5) is 9.99. The van der Waals surface area contributed by atoms with Gasteiger partial charge in [-0.3, -0.25) is 0 Å². The van der Waals surface area contributed by atoms with Gasteiger partial charge in [-0.05, 0) is 23.8 Å². The van der Waals surface area contributed by atoms with Gasteiger partial charge in [-0.15, -0.1) is 11.3 Å². The SMILES string of the molecule is CCC1CC1Nc1nc(NC)nc2sccc12. The van der Waals surface area contributed by atoms with Crippen LogP contribution in [0.15, 0.2) is 11.4 Å². The molecule has 0 radical (unpaired) electrons. The molecule has 0 aromatic carbocycles. The maximum absolute atomic E-state index is 4.51. The second-order valence-electron chi connectivity index (χ2n) is 4.44. The van der Waals surface area contributed by atoms with Crippen molar-refractivity contribution in [1.82, 2.24) is 9.97 Å². The van der Waals surface area contributed by atoms with E-state index in [4.69, 9.17) is 0 Å². The van der Waals surface area contributed by atoms with Crippen LogP contribution in [0, 0.1) is 5.92 Å². The molecule has 2 unspecified atom stereocenters. The molecule has 0 bridgehead atoms. The Morgan fingerprint density at radius 3 is 3.06 bits per heavy atom. The first-order chi connectivity index (χ1) is 8.31. The molecule has 1 fully saturated rings. The summed E-state index contributed by atoms with van der Waals surface area (Å²) in [7, 11) is 1.85. The highest BCUT2D eigenvalue weighted by Crippen LogP contribution is 2.37. The van der Waals surface area contributed by atoms with Crippen LogP contribution in [0.2, 0.25) is 0 Å². The van der Waals surface area contributed by atoms with Gasteiger partial charge in [0.1, 0.15) is 10.6 Å². The van der Waals surface area contributed by atoms with Gasteiger partial charge in [0.05, 0.1) is 5.39 Å². The van der Waals surface area contributed by atoms with Crippen LogP contribution in [0.25, 0.3) is 10.2 Å². The normalized spacial score (nSPS) is 22.7. The molecular weight excluding hydrogens is 232 g/mol. The smallest absolute Gasteiger partial charge is 0.225 e. The molecule has 0 spiro atoms. The summed E-state index contributed by atoms with van der Waals surface area (Å²) >= 11 is 1.65. The van der Waals surface area contributed by atoms with Gasteiger partial charge in [-0.2, -0.15) is 4.98 Å². The number of hydrogen-bond acceptors (Lipinski definition) is 5. The van der Waals surface area contributed by atoms with Crippen LogP contribution in [0.1, 0.15) is 19.8 Å². The molecule has 0 saturated heterocycles. The molecule has 2 heterocycles. The molecule has 17 heavy (non-hydrogen) atoms. The van der Waals surface area contributed by atoms with Crippen molar-refractivity contribution in [3.05, 3.63) is 11.4 Å². The van der Waals surface area contributed by atoms with Gasteiger partial charge in [0, 0.05) is 13.1 Å². The molecule has 5 heteroatoms. The third-order valence-corrected chi connectivity index (χ3v) is 4.12. The third-order valence-electron chi connectivity index (χ3n) is 3.32. The largest absolute Gasteiger partial charge is 0.366 e. The van der Waals surface area contributed by atoms with E-state index < -0.39 is 0 Å². The lowest BCUT2D eigenvalue weighted by Gasteiger charge is -2.07. The molecule has 3 rings (SSSR count). The van der Waals surface area contributed by atoms with Crippen LogP contribution in [0.5, 0.6) is 0 Å². The molecule has 90 valence electrons. The lowest BCUT2D eigenvalue weighted by molar-refractivity contribution is 0.774. The summed E-state index contributed by atoms with van der Waals surface area (Å²) in [6.45, 7) is 2.24. The van der Waals surface area contributed by atoms with Crippen molar-refractivity contribution in [3.8, 4) is 0 Å². The fourth-order valence-corrected chi connectivity index (χ4v) is 2.89. The summed E-state index contributed by atoms with van der Waals surface area (Å²) in [6.07, 6.45) is 2.51. The first kappa shape index (κ1) is 10.8. The predicted molar refractivity (Wildman–Crippen MR) is 72.8 cm³/mol. The van der Waals surface area contributed by atoms with Crippen LogP contribution in [-0.2, 0) is 0 Å². The first-order valence-corrected chi connectivity index (χ1v) is 6.89. The number of nitrogens with one attached hydrogen (secondary N) is 2. The minimum atomic E-state index is 0.600. The third kappa shape index (κ3) is 1.95. The topological polar surface area (TPSA) is 49.8 Å². The Kier molecular flexibility index (Phi) is 2.63. The van der Waals surface area contributed by atoms with Crippen molar-refractivity contribution >= 4 is 33.3 Å². The fourth-order valence-electron chi connectivity index (χ4n) is 2.13. The number of fused-ring (bicyclic) bond motifs is 1. The number of nitrogens with zero attached hydrogens (tertiary/aromatic N) is 2. The van der Waals surface area contributed by atoms with Gasteiger partial charge in [0.25, 0.3) is 0 Å². The van der Waals surface area contributed by atoms with Crippen LogP contribution in [0.4, 0.5) is 11.8 Å². The fraction of sp³-hybridized carbons (Fsp3) is 0.500. The van der Waals surface area contributed by atoms with Crippen molar-refractivity contribution in [2.45, 2.75) is 25.8 Å². The minimum Gasteiger partial charge on any atom is -0.366 e. The standard InChI is InChI=1S/C12H16N4S/c1-3-7-6-9(7)14-10-8-4-5-17-11(8)16-12(13-2)15-10/h4-5,7,9H,3,6H2,1-2H3,(H2,13,14,15,16). The van der Waals surface area contributed by atoms with Crippen molar-refractivity contribution in [2.24, 2.45) is 5.92 Å². The second kappa shape index (κ2) is 4.14. The van der Waals surface area contributed by atoms with Gasteiger partial charge in [0.2, 0.25) is 5.95 Å². The number of anilines is 2. The Labute approximate surface area is 104 Å². The molecular formula is C12H16N4S. The Morgan fingerprint density at radius 1 is 1.47 bits per heavy atom. The maximum atomic E-state index is 4.51. The van der Waals surface area contributed by atoms with Crippen molar-refractivity contribution in [2.75, 3.05) is 17.7 Å². The Morgan fingerprint density at radius 2 is 2.35 bits per heavy atom. The molecule has 2 atom stereocenters. The molecule has 2 N–H and O–H groups in total.